The van der Waals surface area contributed by atoms with Crippen LogP contribution >= 0.6 is 11.3 Å². The zero-order chi connectivity index (χ0) is 14.6. The van der Waals surface area contributed by atoms with Crippen LogP contribution in [0.15, 0.2) is 5.38 Å². The first kappa shape index (κ1) is 15.7. The summed E-state index contributed by atoms with van der Waals surface area (Å²) in [5.41, 5.74) is 1.12. The van der Waals surface area contributed by atoms with Gasteiger partial charge in [-0.15, -0.1) is 11.3 Å². The molecule has 0 saturated carbocycles. The number of thiazole rings is 1. The van der Waals surface area contributed by atoms with Crippen molar-refractivity contribution in [1.29, 1.82) is 0 Å². The molecule has 0 spiro atoms. The van der Waals surface area contributed by atoms with Crippen molar-refractivity contribution in [3.8, 4) is 0 Å². The van der Waals surface area contributed by atoms with E-state index in [1.54, 1.807) is 11.3 Å². The van der Waals surface area contributed by atoms with Gasteiger partial charge in [-0.25, -0.2) is 4.98 Å². The summed E-state index contributed by atoms with van der Waals surface area (Å²) in [7, 11) is 1.81. The van der Waals surface area contributed by atoms with E-state index in [-0.39, 0.29) is 5.60 Å². The van der Waals surface area contributed by atoms with Crippen LogP contribution in [0.5, 0.6) is 0 Å². The van der Waals surface area contributed by atoms with Gasteiger partial charge in [-0.3, -0.25) is 0 Å². The number of rotatable bonds is 6. The maximum atomic E-state index is 5.65. The Labute approximate surface area is 126 Å². The van der Waals surface area contributed by atoms with E-state index in [4.69, 9.17) is 9.72 Å². The van der Waals surface area contributed by atoms with E-state index in [1.807, 2.05) is 7.11 Å². The smallest absolute Gasteiger partial charge is 0.185 e. The van der Waals surface area contributed by atoms with Gasteiger partial charge in [-0.2, -0.15) is 0 Å². The summed E-state index contributed by atoms with van der Waals surface area (Å²) in [6.07, 6.45) is 2.30. The van der Waals surface area contributed by atoms with Gasteiger partial charge in [-0.1, -0.05) is 13.8 Å². The Bertz CT molecular complexity index is 421. The molecular formula is C15H27N3OS. The Morgan fingerprint density at radius 2 is 2.35 bits per heavy atom. The highest BCUT2D eigenvalue weighted by Crippen LogP contribution is 2.29. The summed E-state index contributed by atoms with van der Waals surface area (Å²) in [5.74, 6) is 0.678. The van der Waals surface area contributed by atoms with Gasteiger partial charge >= 0.3 is 0 Å². The van der Waals surface area contributed by atoms with E-state index in [1.165, 1.54) is 6.42 Å². The number of ether oxygens (including phenoxy) is 1. The minimum absolute atomic E-state index is 0.0278. The lowest BCUT2D eigenvalue weighted by molar-refractivity contribution is -0.00466. The zero-order valence-corrected chi connectivity index (χ0v) is 13.9. The van der Waals surface area contributed by atoms with Crippen LogP contribution in [0.1, 0.15) is 39.3 Å². The first-order chi connectivity index (χ1) is 9.52. The lowest BCUT2D eigenvalue weighted by atomic mass is 9.95. The van der Waals surface area contributed by atoms with Gasteiger partial charge in [0.2, 0.25) is 0 Å². The zero-order valence-electron chi connectivity index (χ0n) is 13.1. The summed E-state index contributed by atoms with van der Waals surface area (Å²) in [6, 6.07) is 0. The molecule has 114 valence electrons. The van der Waals surface area contributed by atoms with Crippen LogP contribution in [0.25, 0.3) is 0 Å². The average Bonchev–Trinajstić information content (AvgIpc) is 2.87. The quantitative estimate of drug-likeness (QED) is 0.876. The van der Waals surface area contributed by atoms with Crippen LogP contribution in [0.3, 0.4) is 0 Å². The Kier molecular flexibility index (Phi) is 5.41. The molecule has 0 amide bonds. The molecule has 1 N–H and O–H groups in total. The largest absolute Gasteiger partial charge is 0.377 e. The van der Waals surface area contributed by atoms with E-state index < -0.39 is 0 Å². The molecule has 1 unspecified atom stereocenters. The molecule has 4 nitrogen and oxygen atoms in total. The van der Waals surface area contributed by atoms with Crippen molar-refractivity contribution in [2.24, 2.45) is 5.92 Å². The molecule has 0 bridgehead atoms. The van der Waals surface area contributed by atoms with E-state index >= 15 is 0 Å². The molecule has 1 fully saturated rings. The highest BCUT2D eigenvalue weighted by atomic mass is 32.1. The van der Waals surface area contributed by atoms with E-state index in [2.05, 4.69) is 36.4 Å². The number of nitrogens with zero attached hydrogens (tertiary/aromatic N) is 2. The fourth-order valence-electron chi connectivity index (χ4n) is 2.55. The first-order valence-electron chi connectivity index (χ1n) is 7.47. The molecule has 2 heterocycles. The highest BCUT2D eigenvalue weighted by molar-refractivity contribution is 7.13. The monoisotopic (exact) mass is 297 g/mol. The number of methoxy groups -OCH3 is 1. The molecule has 2 rings (SSSR count). The number of nitrogens with one attached hydrogen (secondary N) is 1. The molecule has 1 aromatic rings. The second-order valence-corrected chi connectivity index (χ2v) is 7.16. The minimum atomic E-state index is -0.0278. The van der Waals surface area contributed by atoms with E-state index in [9.17, 15) is 0 Å². The van der Waals surface area contributed by atoms with Gasteiger partial charge in [0.15, 0.2) is 5.13 Å². The molecular weight excluding hydrogens is 270 g/mol. The predicted molar refractivity (Wildman–Crippen MR) is 85.5 cm³/mol. The van der Waals surface area contributed by atoms with Crippen LogP contribution in [-0.4, -0.2) is 37.3 Å². The van der Waals surface area contributed by atoms with Gasteiger partial charge in [-0.05, 0) is 32.2 Å². The number of aromatic nitrogens is 1. The minimum Gasteiger partial charge on any atom is -0.377 e. The molecule has 1 aromatic heterocycles. The predicted octanol–water partition coefficient (Wildman–Crippen LogP) is 2.89. The lowest BCUT2D eigenvalue weighted by Crippen LogP contribution is -2.47. The van der Waals surface area contributed by atoms with Crippen molar-refractivity contribution in [1.82, 2.24) is 10.3 Å². The van der Waals surface area contributed by atoms with Gasteiger partial charge in [0.05, 0.1) is 11.3 Å². The van der Waals surface area contributed by atoms with E-state index in [0.29, 0.717) is 5.92 Å². The average molecular weight is 297 g/mol. The maximum absolute atomic E-state index is 5.65. The topological polar surface area (TPSA) is 37.4 Å². The molecule has 1 atom stereocenters. The van der Waals surface area contributed by atoms with Gasteiger partial charge in [0, 0.05) is 32.1 Å². The van der Waals surface area contributed by atoms with Crippen molar-refractivity contribution in [3.05, 3.63) is 11.1 Å². The fourth-order valence-corrected chi connectivity index (χ4v) is 3.40. The van der Waals surface area contributed by atoms with Crippen LogP contribution < -0.4 is 10.2 Å². The third kappa shape index (κ3) is 4.17. The van der Waals surface area contributed by atoms with Crippen LogP contribution in [0, 0.1) is 5.92 Å². The Hall–Kier alpha value is -0.650. The van der Waals surface area contributed by atoms with Crippen molar-refractivity contribution in [2.45, 2.75) is 45.8 Å². The van der Waals surface area contributed by atoms with Crippen LogP contribution in [0.4, 0.5) is 5.13 Å². The Morgan fingerprint density at radius 1 is 1.55 bits per heavy atom. The number of piperidine rings is 1. The molecule has 0 radical (unpaired) electrons. The first-order valence-corrected chi connectivity index (χ1v) is 8.35. The summed E-state index contributed by atoms with van der Waals surface area (Å²) in [5, 5.41) is 6.75. The third-order valence-corrected chi connectivity index (χ3v) is 4.77. The van der Waals surface area contributed by atoms with Crippen LogP contribution in [0.2, 0.25) is 0 Å². The van der Waals surface area contributed by atoms with Crippen molar-refractivity contribution in [3.63, 3.8) is 0 Å². The highest BCUT2D eigenvalue weighted by Gasteiger charge is 2.31. The number of anilines is 1. The summed E-state index contributed by atoms with van der Waals surface area (Å²) in [4.78, 5) is 7.12. The molecule has 0 aliphatic carbocycles. The van der Waals surface area contributed by atoms with E-state index in [0.717, 1.165) is 43.4 Å². The Morgan fingerprint density at radius 3 is 3.05 bits per heavy atom. The molecule has 1 aliphatic rings. The van der Waals surface area contributed by atoms with Crippen molar-refractivity contribution in [2.75, 3.05) is 31.6 Å². The normalized spacial score (nSPS) is 23.6. The molecule has 5 heteroatoms. The number of hydrogen-bond donors (Lipinski definition) is 1. The number of hydrogen-bond acceptors (Lipinski definition) is 5. The van der Waals surface area contributed by atoms with Gasteiger partial charge in [0.25, 0.3) is 0 Å². The summed E-state index contributed by atoms with van der Waals surface area (Å²) >= 11 is 1.75. The fraction of sp³-hybridized carbons (Fsp3) is 0.800. The second-order valence-electron chi connectivity index (χ2n) is 6.33. The Balaban J connectivity index is 1.91. The standard InChI is InChI=1S/C15H27N3OS/c1-12(2)8-16-9-13-10-20-14(17-13)18-7-5-6-15(3,11-18)19-4/h10,12,16H,5-9,11H2,1-4H3. The van der Waals surface area contributed by atoms with Gasteiger partial charge in [0.1, 0.15) is 0 Å². The summed E-state index contributed by atoms with van der Waals surface area (Å²) in [6.45, 7) is 10.6. The SMILES string of the molecule is COC1(C)CCCN(c2nc(CNCC(C)C)cs2)C1. The summed E-state index contributed by atoms with van der Waals surface area (Å²) < 4.78 is 5.65. The maximum Gasteiger partial charge on any atom is 0.185 e. The molecule has 1 aliphatic heterocycles. The second kappa shape index (κ2) is 6.87. The molecule has 20 heavy (non-hydrogen) atoms. The van der Waals surface area contributed by atoms with Gasteiger partial charge < -0.3 is 15.0 Å². The molecule has 1 saturated heterocycles. The van der Waals surface area contributed by atoms with Crippen molar-refractivity contribution < 1.29 is 4.74 Å². The lowest BCUT2D eigenvalue weighted by Gasteiger charge is -2.39. The third-order valence-electron chi connectivity index (χ3n) is 3.82. The molecule has 0 aromatic carbocycles. The van der Waals surface area contributed by atoms with Crippen molar-refractivity contribution >= 4 is 16.5 Å². The van der Waals surface area contributed by atoms with Crippen LogP contribution in [-0.2, 0) is 11.3 Å².